The molecule has 15 heteroatoms. The van der Waals surface area contributed by atoms with Gasteiger partial charge in [0.15, 0.2) is 0 Å². The SMILES string of the molecule is COc1ccc(C(C)(O)Cn2c3c(c4nc(C)ccc42)C2CCCCN2CC3)cc1.Cc1ccc2c(n1)c1c(n2CC(C)(O)c2ccc(Cl)cc2)CCN2CCCCC12.Cc1ccc2c(n1)c1c(n2CC(C)(O)c2ccc(F)cc2)CCN2CCCCC12. The van der Waals surface area contributed by atoms with Gasteiger partial charge in [0.25, 0.3) is 0 Å². The summed E-state index contributed by atoms with van der Waals surface area (Å²) in [5, 5.41) is 34.9. The fraction of sp³-hybridized carbons (Fsp3) is 0.466. The number of halogens is 2. The average Bonchev–Trinajstić information content (AvgIpc) is 1.76. The highest BCUT2D eigenvalue weighted by Gasteiger charge is 2.40. The highest BCUT2D eigenvalue weighted by Crippen LogP contribution is 2.46. The largest absolute Gasteiger partial charge is 0.497 e. The van der Waals surface area contributed by atoms with Crippen LogP contribution in [0.3, 0.4) is 0 Å². The van der Waals surface area contributed by atoms with E-state index < -0.39 is 16.8 Å². The van der Waals surface area contributed by atoms with Crippen LogP contribution in [0.4, 0.5) is 4.39 Å². The number of methoxy groups -OCH3 is 1. The molecule has 462 valence electrons. The fourth-order valence-electron chi connectivity index (χ4n) is 15.9. The molecule has 3 saturated heterocycles. The first kappa shape index (κ1) is 60.4. The van der Waals surface area contributed by atoms with Gasteiger partial charge in [-0.2, -0.15) is 0 Å². The van der Waals surface area contributed by atoms with Crippen molar-refractivity contribution in [3.63, 3.8) is 0 Å². The zero-order valence-corrected chi connectivity index (χ0v) is 53.3. The molecule has 6 aliphatic rings. The first-order valence-electron chi connectivity index (χ1n) is 32.4. The lowest BCUT2D eigenvalue weighted by Gasteiger charge is -2.40. The van der Waals surface area contributed by atoms with Gasteiger partial charge in [-0.3, -0.25) is 29.7 Å². The minimum atomic E-state index is -1.10. The van der Waals surface area contributed by atoms with Crippen molar-refractivity contribution in [3.05, 3.63) is 188 Å². The number of fused-ring (bicyclic) bond motifs is 15. The van der Waals surface area contributed by atoms with Crippen molar-refractivity contribution >= 4 is 44.7 Å². The average molecular weight is 1210 g/mol. The lowest BCUT2D eigenvalue weighted by atomic mass is 9.90. The van der Waals surface area contributed by atoms with Gasteiger partial charge in [0.05, 0.1) is 59.8 Å². The van der Waals surface area contributed by atoms with Crippen molar-refractivity contribution < 1.29 is 24.4 Å². The molecule has 3 fully saturated rings. The van der Waals surface area contributed by atoms with Crippen LogP contribution in [0, 0.1) is 26.6 Å². The third kappa shape index (κ3) is 11.6. The number of hydrogen-bond donors (Lipinski definition) is 3. The second-order valence-corrected chi connectivity index (χ2v) is 27.2. The van der Waals surface area contributed by atoms with Crippen LogP contribution in [-0.4, -0.2) is 105 Å². The van der Waals surface area contributed by atoms with E-state index in [4.69, 9.17) is 31.3 Å². The minimum absolute atomic E-state index is 0.287. The van der Waals surface area contributed by atoms with Crippen molar-refractivity contribution in [1.82, 2.24) is 43.4 Å². The number of piperidine rings is 3. The maximum Gasteiger partial charge on any atom is 0.123 e. The highest BCUT2D eigenvalue weighted by atomic mass is 35.5. The van der Waals surface area contributed by atoms with Gasteiger partial charge < -0.3 is 33.8 Å². The Bertz CT molecular complexity index is 3830. The van der Waals surface area contributed by atoms with Crippen molar-refractivity contribution in [3.8, 4) is 5.75 Å². The highest BCUT2D eigenvalue weighted by molar-refractivity contribution is 6.30. The summed E-state index contributed by atoms with van der Waals surface area (Å²) in [4.78, 5) is 22.8. The van der Waals surface area contributed by atoms with Crippen molar-refractivity contribution in [2.75, 3.05) is 46.4 Å². The molecular formula is C73H87ClFN9O4. The standard InChI is InChI=1S/C25H31N3O2.C24H28ClN3O.C24H28FN3O/c1-17-7-12-22-24(26-17)23-20-6-4-5-14-27(20)15-13-21(23)28(22)16-25(2,29)18-8-10-19(30-3)11-9-18;2*1-16-6-11-21-23(26-16)22-19-5-3-4-13-27(19)14-12-20(22)28(21)15-24(2,29)17-7-9-18(25)10-8-17/h7-12,20,29H,4-6,13-16H2,1-3H3;2*6-11,19,29H,3-5,12-15H2,1-2H3. The van der Waals surface area contributed by atoms with E-state index in [0.29, 0.717) is 42.8 Å². The molecule has 0 aliphatic carbocycles. The monoisotopic (exact) mass is 1210 g/mol. The Labute approximate surface area is 522 Å². The summed E-state index contributed by atoms with van der Waals surface area (Å²) in [6.45, 7) is 20.0. The number of nitrogens with zero attached hydrogens (tertiary/aromatic N) is 9. The number of aryl methyl sites for hydroxylation is 3. The fourth-order valence-corrected chi connectivity index (χ4v) is 16.0. The zero-order valence-electron chi connectivity index (χ0n) is 52.5. The lowest BCUT2D eigenvalue weighted by molar-refractivity contribution is 0.0374. The maximum atomic E-state index is 13.4. The summed E-state index contributed by atoms with van der Waals surface area (Å²) >= 11 is 6.06. The normalized spacial score (nSPS) is 21.4. The number of benzene rings is 3. The number of pyridine rings is 3. The minimum Gasteiger partial charge on any atom is -0.497 e. The molecule has 0 spiro atoms. The number of ether oxygens (including phenoxy) is 1. The molecule has 0 saturated carbocycles. The van der Waals surface area contributed by atoms with Gasteiger partial charge in [-0.15, -0.1) is 0 Å². The molecule has 6 unspecified atom stereocenters. The van der Waals surface area contributed by atoms with E-state index in [-0.39, 0.29) is 5.82 Å². The second kappa shape index (κ2) is 24.4. The summed E-state index contributed by atoms with van der Waals surface area (Å²) in [7, 11) is 1.66. The van der Waals surface area contributed by atoms with E-state index in [2.05, 4.69) is 78.6 Å². The first-order chi connectivity index (χ1) is 42.4. The quantitative estimate of drug-likeness (QED) is 0.122. The van der Waals surface area contributed by atoms with Crippen LogP contribution in [0.5, 0.6) is 5.75 Å². The molecule has 0 radical (unpaired) electrons. The number of hydrogen-bond acceptors (Lipinski definition) is 10. The Morgan fingerprint density at radius 1 is 0.455 bits per heavy atom. The van der Waals surface area contributed by atoms with Crippen molar-refractivity contribution in [2.45, 2.75) is 173 Å². The zero-order chi connectivity index (χ0) is 61.2. The van der Waals surface area contributed by atoms with E-state index in [1.807, 2.05) is 76.2 Å². The van der Waals surface area contributed by atoms with E-state index in [1.165, 1.54) is 117 Å². The molecule has 12 heterocycles. The van der Waals surface area contributed by atoms with Crippen molar-refractivity contribution in [2.24, 2.45) is 0 Å². The van der Waals surface area contributed by atoms with Gasteiger partial charge in [-0.05, 0) is 189 Å². The maximum absolute atomic E-state index is 13.4. The Kier molecular flexibility index (Phi) is 16.7. The van der Waals surface area contributed by atoms with Crippen LogP contribution >= 0.6 is 11.6 Å². The second-order valence-electron chi connectivity index (χ2n) is 26.8. The molecule has 9 aromatic rings. The van der Waals surface area contributed by atoms with E-state index in [0.717, 1.165) is 118 Å². The summed E-state index contributed by atoms with van der Waals surface area (Å²) in [5.74, 6) is 0.515. The third-order valence-corrected chi connectivity index (χ3v) is 20.6. The molecule has 0 amide bonds. The van der Waals surface area contributed by atoms with Gasteiger partial charge in [0, 0.05) is 113 Å². The molecule has 0 bridgehead atoms. The van der Waals surface area contributed by atoms with E-state index in [1.54, 1.807) is 19.2 Å². The molecule has 88 heavy (non-hydrogen) atoms. The Morgan fingerprint density at radius 2 is 0.773 bits per heavy atom. The topological polar surface area (TPSA) is 133 Å². The number of rotatable bonds is 10. The molecule has 6 atom stereocenters. The molecule has 6 aliphatic heterocycles. The van der Waals surface area contributed by atoms with Crippen molar-refractivity contribution in [1.29, 1.82) is 0 Å². The van der Waals surface area contributed by atoms with Crippen LogP contribution in [0.1, 0.15) is 164 Å². The number of aliphatic hydroxyl groups is 3. The van der Waals surface area contributed by atoms with Gasteiger partial charge in [-0.1, -0.05) is 67.3 Å². The number of aromatic nitrogens is 6. The van der Waals surface area contributed by atoms with Crippen LogP contribution in [-0.2, 0) is 55.7 Å². The van der Waals surface area contributed by atoms with E-state index >= 15 is 0 Å². The molecule has 13 nitrogen and oxygen atoms in total. The lowest BCUT2D eigenvalue weighted by Crippen LogP contribution is -2.39. The van der Waals surface area contributed by atoms with Crippen LogP contribution < -0.4 is 4.74 Å². The molecular weight excluding hydrogens is 1120 g/mol. The Hall–Kier alpha value is -6.49. The van der Waals surface area contributed by atoms with Crippen LogP contribution in [0.25, 0.3) is 33.1 Å². The van der Waals surface area contributed by atoms with Gasteiger partial charge in [0.1, 0.15) is 28.4 Å². The van der Waals surface area contributed by atoms with Crippen LogP contribution in [0.2, 0.25) is 5.02 Å². The summed E-state index contributed by atoms with van der Waals surface area (Å²) < 4.78 is 25.6. The molecule has 6 aromatic heterocycles. The third-order valence-electron chi connectivity index (χ3n) is 20.4. The summed E-state index contributed by atoms with van der Waals surface area (Å²) in [6.07, 6.45) is 14.3. The van der Waals surface area contributed by atoms with E-state index in [9.17, 15) is 19.7 Å². The predicted octanol–water partition coefficient (Wildman–Crippen LogP) is 13.8. The Morgan fingerprint density at radius 3 is 1.10 bits per heavy atom. The van der Waals surface area contributed by atoms with Gasteiger partial charge in [-0.25, -0.2) is 4.39 Å². The molecule has 3 N–H and O–H groups in total. The van der Waals surface area contributed by atoms with Crippen LogP contribution in [0.15, 0.2) is 109 Å². The molecule has 15 rings (SSSR count). The smallest absolute Gasteiger partial charge is 0.123 e. The molecule has 3 aromatic carbocycles. The predicted molar refractivity (Wildman–Crippen MR) is 349 cm³/mol. The van der Waals surface area contributed by atoms with Gasteiger partial charge >= 0.3 is 0 Å². The van der Waals surface area contributed by atoms with Gasteiger partial charge in [0.2, 0.25) is 0 Å². The summed E-state index contributed by atoms with van der Waals surface area (Å²) in [6, 6.07) is 35.6. The first-order valence-corrected chi connectivity index (χ1v) is 32.8. The summed E-state index contributed by atoms with van der Waals surface area (Å²) in [5.41, 5.74) is 17.5. The Balaban J connectivity index is 0.000000122.